The Morgan fingerprint density at radius 3 is 2.58 bits per heavy atom. The summed E-state index contributed by atoms with van der Waals surface area (Å²) >= 11 is 1.58. The Hall–Kier alpha value is -1.83. The van der Waals surface area contributed by atoms with Crippen LogP contribution in [0.4, 0.5) is 5.69 Å². The average Bonchev–Trinajstić information content (AvgIpc) is 3.38. The minimum Gasteiger partial charge on any atom is -0.322 e. The van der Waals surface area contributed by atoms with E-state index in [1.165, 1.54) is 12.1 Å². The van der Waals surface area contributed by atoms with Gasteiger partial charge in [-0.15, -0.1) is 11.8 Å². The van der Waals surface area contributed by atoms with Crippen LogP contribution in [0.2, 0.25) is 0 Å². The number of anilines is 1. The summed E-state index contributed by atoms with van der Waals surface area (Å²) in [6.07, 6.45) is 3.69. The number of carbonyl (C=O) groups is 1. The number of carbonyl (C=O) groups excluding carboxylic acids is 1. The molecule has 0 bridgehead atoms. The fourth-order valence-electron chi connectivity index (χ4n) is 2.20. The predicted molar refractivity (Wildman–Crippen MR) is 96.0 cm³/mol. The number of benzene rings is 2. The first kappa shape index (κ1) is 17.0. The lowest BCUT2D eigenvalue weighted by atomic mass is 10.2. The summed E-state index contributed by atoms with van der Waals surface area (Å²) in [6, 6.07) is 13.6. The molecule has 0 saturated heterocycles. The fourth-order valence-corrected chi connectivity index (χ4v) is 4.01. The molecule has 0 aromatic heterocycles. The van der Waals surface area contributed by atoms with E-state index in [1.54, 1.807) is 30.0 Å². The summed E-state index contributed by atoms with van der Waals surface area (Å²) < 4.78 is 27.1. The molecule has 0 radical (unpaired) electrons. The van der Waals surface area contributed by atoms with Crippen LogP contribution in [-0.2, 0) is 10.0 Å². The van der Waals surface area contributed by atoms with E-state index in [9.17, 15) is 13.2 Å². The highest BCUT2D eigenvalue weighted by molar-refractivity contribution is 7.98. The molecule has 2 aromatic carbocycles. The average molecular weight is 362 g/mol. The van der Waals surface area contributed by atoms with Crippen molar-refractivity contribution in [2.75, 3.05) is 11.6 Å². The first-order valence-corrected chi connectivity index (χ1v) is 10.3. The Morgan fingerprint density at radius 2 is 1.88 bits per heavy atom. The Morgan fingerprint density at radius 1 is 1.12 bits per heavy atom. The topological polar surface area (TPSA) is 75.3 Å². The number of hydrogen-bond donors (Lipinski definition) is 2. The highest BCUT2D eigenvalue weighted by Gasteiger charge is 2.28. The number of thioether (sulfide) groups is 1. The van der Waals surface area contributed by atoms with E-state index >= 15 is 0 Å². The van der Waals surface area contributed by atoms with Crippen molar-refractivity contribution in [3.05, 3.63) is 54.1 Å². The van der Waals surface area contributed by atoms with Gasteiger partial charge >= 0.3 is 0 Å². The van der Waals surface area contributed by atoms with E-state index in [4.69, 9.17) is 0 Å². The number of amides is 1. The quantitative estimate of drug-likeness (QED) is 0.774. The van der Waals surface area contributed by atoms with E-state index in [0.29, 0.717) is 11.3 Å². The van der Waals surface area contributed by atoms with Gasteiger partial charge in [0.2, 0.25) is 10.0 Å². The molecule has 2 aromatic rings. The van der Waals surface area contributed by atoms with Crippen molar-refractivity contribution >= 4 is 33.4 Å². The maximum absolute atomic E-state index is 12.4. The molecule has 1 amide bonds. The summed E-state index contributed by atoms with van der Waals surface area (Å²) in [5, 5.41) is 2.80. The van der Waals surface area contributed by atoms with Crippen molar-refractivity contribution < 1.29 is 13.2 Å². The highest BCUT2D eigenvalue weighted by Crippen LogP contribution is 2.23. The van der Waals surface area contributed by atoms with E-state index in [1.807, 2.05) is 24.5 Å². The predicted octanol–water partition coefficient (Wildman–Crippen LogP) is 3.10. The van der Waals surface area contributed by atoms with Crippen LogP contribution < -0.4 is 10.0 Å². The molecule has 0 spiro atoms. The molecule has 0 aliphatic heterocycles. The van der Waals surface area contributed by atoms with Gasteiger partial charge in [0.05, 0.1) is 4.90 Å². The third-order valence-corrected chi connectivity index (χ3v) is 5.88. The lowest BCUT2D eigenvalue weighted by Crippen LogP contribution is -2.26. The lowest BCUT2D eigenvalue weighted by Gasteiger charge is -2.09. The number of nitrogens with one attached hydrogen (secondary N) is 2. The molecule has 1 aliphatic rings. The van der Waals surface area contributed by atoms with Gasteiger partial charge in [-0.3, -0.25) is 4.79 Å². The van der Waals surface area contributed by atoms with Gasteiger partial charge in [0.15, 0.2) is 0 Å². The van der Waals surface area contributed by atoms with Crippen molar-refractivity contribution in [1.82, 2.24) is 4.72 Å². The van der Waals surface area contributed by atoms with Gasteiger partial charge in [0.25, 0.3) is 5.91 Å². The second kappa shape index (κ2) is 6.96. The summed E-state index contributed by atoms with van der Waals surface area (Å²) in [5.74, 6) is -0.336. The van der Waals surface area contributed by atoms with Gasteiger partial charge in [0.1, 0.15) is 0 Å². The monoisotopic (exact) mass is 362 g/mol. The zero-order valence-corrected chi connectivity index (χ0v) is 14.8. The molecule has 0 heterocycles. The maximum atomic E-state index is 12.4. The zero-order valence-electron chi connectivity index (χ0n) is 13.2. The third kappa shape index (κ3) is 4.17. The van der Waals surface area contributed by atoms with E-state index < -0.39 is 10.0 Å². The number of sulfonamides is 1. The Labute approximate surface area is 145 Å². The van der Waals surface area contributed by atoms with Gasteiger partial charge in [-0.1, -0.05) is 12.1 Å². The van der Waals surface area contributed by atoms with Gasteiger partial charge in [-0.05, 0) is 55.5 Å². The Kier molecular flexibility index (Phi) is 4.93. The van der Waals surface area contributed by atoms with E-state index in [0.717, 1.165) is 17.7 Å². The largest absolute Gasteiger partial charge is 0.322 e. The summed E-state index contributed by atoms with van der Waals surface area (Å²) in [4.78, 5) is 13.5. The van der Waals surface area contributed by atoms with E-state index in [2.05, 4.69) is 10.0 Å². The molecule has 126 valence electrons. The van der Waals surface area contributed by atoms with Crippen molar-refractivity contribution in [3.8, 4) is 0 Å². The summed E-state index contributed by atoms with van der Waals surface area (Å²) in [7, 11) is -3.57. The Balaban J connectivity index is 1.78. The Bertz CT molecular complexity index is 862. The van der Waals surface area contributed by atoms with Crippen LogP contribution in [0.3, 0.4) is 0 Å². The third-order valence-electron chi connectivity index (χ3n) is 3.63. The molecular weight excluding hydrogens is 344 g/mol. The smallest absolute Gasteiger partial charge is 0.255 e. The SMILES string of the molecule is CSc1cccc(NC(=O)c2cccc(S(=O)(=O)NC3CC3)c2)c1. The second-order valence-corrected chi connectivity index (χ2v) is 8.20. The molecule has 0 atom stereocenters. The van der Waals surface area contributed by atoms with Crippen molar-refractivity contribution in [2.45, 2.75) is 28.7 Å². The van der Waals surface area contributed by atoms with Crippen molar-refractivity contribution in [1.29, 1.82) is 0 Å². The highest BCUT2D eigenvalue weighted by atomic mass is 32.2. The first-order chi connectivity index (χ1) is 11.5. The van der Waals surface area contributed by atoms with Crippen LogP contribution in [0.5, 0.6) is 0 Å². The van der Waals surface area contributed by atoms with Crippen LogP contribution in [0, 0.1) is 0 Å². The van der Waals surface area contributed by atoms with Crippen molar-refractivity contribution in [2.24, 2.45) is 0 Å². The number of rotatable bonds is 6. The molecular formula is C17H18N2O3S2. The zero-order chi connectivity index (χ0) is 17.2. The minimum absolute atomic E-state index is 0.0294. The van der Waals surface area contributed by atoms with Gasteiger partial charge in [-0.25, -0.2) is 13.1 Å². The van der Waals surface area contributed by atoms with E-state index in [-0.39, 0.29) is 16.8 Å². The minimum atomic E-state index is -3.57. The molecule has 0 unspecified atom stereocenters. The normalized spacial score (nSPS) is 14.4. The molecule has 5 nitrogen and oxygen atoms in total. The summed E-state index contributed by atoms with van der Waals surface area (Å²) in [5.41, 5.74) is 0.986. The number of hydrogen-bond acceptors (Lipinski definition) is 4. The van der Waals surface area contributed by atoms with Crippen molar-refractivity contribution in [3.63, 3.8) is 0 Å². The molecule has 3 rings (SSSR count). The molecule has 1 aliphatic carbocycles. The second-order valence-electron chi connectivity index (χ2n) is 5.61. The van der Waals surface area contributed by atoms with Gasteiger partial charge in [0, 0.05) is 22.2 Å². The molecule has 1 saturated carbocycles. The van der Waals surface area contributed by atoms with Crippen LogP contribution in [0.1, 0.15) is 23.2 Å². The lowest BCUT2D eigenvalue weighted by molar-refractivity contribution is 0.102. The fraction of sp³-hybridized carbons (Fsp3) is 0.235. The summed E-state index contributed by atoms with van der Waals surface area (Å²) in [6.45, 7) is 0. The first-order valence-electron chi connectivity index (χ1n) is 7.56. The van der Waals surface area contributed by atoms with Crippen LogP contribution in [-0.4, -0.2) is 26.6 Å². The molecule has 24 heavy (non-hydrogen) atoms. The van der Waals surface area contributed by atoms with Crippen LogP contribution in [0.25, 0.3) is 0 Å². The molecule has 1 fully saturated rings. The van der Waals surface area contributed by atoms with Crippen LogP contribution >= 0.6 is 11.8 Å². The van der Waals surface area contributed by atoms with Gasteiger partial charge in [-0.2, -0.15) is 0 Å². The maximum Gasteiger partial charge on any atom is 0.255 e. The molecule has 7 heteroatoms. The van der Waals surface area contributed by atoms with Crippen LogP contribution in [0.15, 0.2) is 58.3 Å². The van der Waals surface area contributed by atoms with Gasteiger partial charge < -0.3 is 5.32 Å². The standard InChI is InChI=1S/C17H18N2O3S2/c1-23-15-6-3-5-14(11-15)18-17(20)12-4-2-7-16(10-12)24(21,22)19-13-8-9-13/h2-7,10-11,13,19H,8-9H2,1H3,(H,18,20). The molecule has 2 N–H and O–H groups in total.